The van der Waals surface area contributed by atoms with E-state index in [9.17, 15) is 4.79 Å². The highest BCUT2D eigenvalue weighted by Crippen LogP contribution is 2.15. The van der Waals surface area contributed by atoms with Crippen LogP contribution in [0.4, 0.5) is 0 Å². The van der Waals surface area contributed by atoms with Crippen molar-refractivity contribution in [1.29, 1.82) is 0 Å². The largest absolute Gasteiger partial charge is 0.338 e. The molecule has 1 rings (SSSR count). The summed E-state index contributed by atoms with van der Waals surface area (Å²) in [5.41, 5.74) is -0.0194. The van der Waals surface area contributed by atoms with Gasteiger partial charge in [0, 0.05) is 25.0 Å². The zero-order valence-corrected chi connectivity index (χ0v) is 8.89. The number of nitrogens with zero attached hydrogens (tertiary/aromatic N) is 1. The van der Waals surface area contributed by atoms with E-state index in [-0.39, 0.29) is 11.4 Å². The molecule has 0 saturated carbocycles. The molecule has 3 nitrogen and oxygen atoms in total. The van der Waals surface area contributed by atoms with E-state index in [4.69, 9.17) is 0 Å². The quantitative estimate of drug-likeness (QED) is 0.609. The maximum atomic E-state index is 11.7. The van der Waals surface area contributed by atoms with Crippen LogP contribution in [0.15, 0.2) is 0 Å². The predicted octanol–water partition coefficient (Wildman–Crippen LogP) is 0.997. The maximum Gasteiger partial charge on any atom is 0.224 e. The molecular formula is C10H20N2O. The van der Waals surface area contributed by atoms with Crippen LogP contribution in [-0.4, -0.2) is 36.0 Å². The number of carbonyl (C=O) groups is 1. The third kappa shape index (κ3) is 2.99. The molecule has 3 heteroatoms. The van der Waals surface area contributed by atoms with Gasteiger partial charge in [0.05, 0.1) is 0 Å². The summed E-state index contributed by atoms with van der Waals surface area (Å²) < 4.78 is 0. The molecule has 1 aliphatic rings. The third-order valence-electron chi connectivity index (χ3n) is 2.36. The summed E-state index contributed by atoms with van der Waals surface area (Å²) in [5.74, 6) is 0.278. The molecule has 0 aromatic rings. The van der Waals surface area contributed by atoms with Crippen LogP contribution in [0.5, 0.6) is 0 Å². The zero-order chi connectivity index (χ0) is 9.90. The fourth-order valence-electron chi connectivity index (χ4n) is 1.65. The Balaban J connectivity index is 2.62. The Morgan fingerprint density at radius 3 is 2.62 bits per heavy atom. The lowest BCUT2D eigenvalue weighted by Crippen LogP contribution is -2.48. The van der Waals surface area contributed by atoms with E-state index in [1.807, 2.05) is 4.90 Å². The smallest absolute Gasteiger partial charge is 0.224 e. The van der Waals surface area contributed by atoms with Crippen molar-refractivity contribution >= 4 is 5.91 Å². The molecule has 0 unspecified atom stereocenters. The van der Waals surface area contributed by atoms with Gasteiger partial charge in [-0.2, -0.15) is 0 Å². The molecule has 76 valence electrons. The fourth-order valence-corrected chi connectivity index (χ4v) is 1.65. The molecule has 0 aromatic carbocycles. The summed E-state index contributed by atoms with van der Waals surface area (Å²) in [4.78, 5) is 13.7. The van der Waals surface area contributed by atoms with Gasteiger partial charge in [0.2, 0.25) is 5.91 Å². The Kier molecular flexibility index (Phi) is 3.31. The van der Waals surface area contributed by atoms with Crippen LogP contribution in [0.1, 0.15) is 33.6 Å². The van der Waals surface area contributed by atoms with Crippen molar-refractivity contribution in [2.75, 3.05) is 19.6 Å². The molecule has 1 fully saturated rings. The molecule has 1 N–H and O–H groups in total. The lowest BCUT2D eigenvalue weighted by Gasteiger charge is -2.37. The summed E-state index contributed by atoms with van der Waals surface area (Å²) in [7, 11) is 0. The highest BCUT2D eigenvalue weighted by molar-refractivity contribution is 5.77. The van der Waals surface area contributed by atoms with Gasteiger partial charge in [-0.3, -0.25) is 4.79 Å². The molecule has 0 atom stereocenters. The molecule has 0 aromatic heterocycles. The van der Waals surface area contributed by atoms with Crippen LogP contribution in [0.3, 0.4) is 0 Å². The van der Waals surface area contributed by atoms with Crippen LogP contribution in [0.2, 0.25) is 0 Å². The van der Waals surface area contributed by atoms with E-state index in [0.717, 1.165) is 26.1 Å². The Labute approximate surface area is 80.5 Å². The monoisotopic (exact) mass is 184 g/mol. The maximum absolute atomic E-state index is 11.7. The number of hydrogen-bond donors (Lipinski definition) is 1. The van der Waals surface area contributed by atoms with Gasteiger partial charge in [0.1, 0.15) is 0 Å². The van der Waals surface area contributed by atoms with Crippen molar-refractivity contribution in [1.82, 2.24) is 10.2 Å². The van der Waals surface area contributed by atoms with Crippen molar-refractivity contribution < 1.29 is 4.79 Å². The molecule has 1 amide bonds. The van der Waals surface area contributed by atoms with E-state index in [0.29, 0.717) is 6.42 Å². The highest BCUT2D eigenvalue weighted by Gasteiger charge is 2.25. The average molecular weight is 184 g/mol. The second kappa shape index (κ2) is 4.09. The molecule has 1 saturated heterocycles. The minimum atomic E-state index is -0.0194. The first-order chi connectivity index (χ1) is 6.02. The van der Waals surface area contributed by atoms with Gasteiger partial charge in [0.15, 0.2) is 0 Å². The number of rotatable bonds is 0. The number of nitrogens with one attached hydrogen (secondary N) is 1. The summed E-state index contributed by atoms with van der Waals surface area (Å²) in [5, 5.41) is 3.24. The Morgan fingerprint density at radius 2 is 2.00 bits per heavy atom. The highest BCUT2D eigenvalue weighted by atomic mass is 16.2. The van der Waals surface area contributed by atoms with Crippen LogP contribution >= 0.6 is 0 Å². The fraction of sp³-hybridized carbons (Fsp3) is 0.900. The van der Waals surface area contributed by atoms with Crippen LogP contribution in [-0.2, 0) is 4.79 Å². The normalized spacial score (nSPS) is 21.2. The predicted molar refractivity (Wildman–Crippen MR) is 53.6 cm³/mol. The minimum Gasteiger partial charge on any atom is -0.338 e. The Morgan fingerprint density at radius 1 is 1.31 bits per heavy atom. The average Bonchev–Trinajstić information content (AvgIpc) is 1.94. The van der Waals surface area contributed by atoms with Crippen molar-refractivity contribution in [3.05, 3.63) is 0 Å². The number of carbonyl (C=O) groups excluding carboxylic acids is 1. The standard InChI is InChI=1S/C10H20N2O/c1-10(2,3)12-8-4-6-11-7-5-9(12)13/h11H,4-8H2,1-3H3. The van der Waals surface area contributed by atoms with E-state index in [1.54, 1.807) is 0 Å². The second-order valence-electron chi connectivity index (χ2n) is 4.57. The van der Waals surface area contributed by atoms with E-state index in [2.05, 4.69) is 26.1 Å². The van der Waals surface area contributed by atoms with Crippen LogP contribution in [0.25, 0.3) is 0 Å². The first-order valence-electron chi connectivity index (χ1n) is 5.03. The van der Waals surface area contributed by atoms with E-state index in [1.165, 1.54) is 0 Å². The van der Waals surface area contributed by atoms with Gasteiger partial charge in [-0.05, 0) is 33.7 Å². The first kappa shape index (κ1) is 10.5. The Hall–Kier alpha value is -0.570. The van der Waals surface area contributed by atoms with Crippen LogP contribution in [0, 0.1) is 0 Å². The SMILES string of the molecule is CC(C)(C)N1CCCNCCC1=O. The lowest BCUT2D eigenvalue weighted by molar-refractivity contribution is -0.136. The van der Waals surface area contributed by atoms with Crippen molar-refractivity contribution in [3.63, 3.8) is 0 Å². The van der Waals surface area contributed by atoms with Gasteiger partial charge >= 0.3 is 0 Å². The molecule has 1 aliphatic heterocycles. The van der Waals surface area contributed by atoms with Crippen molar-refractivity contribution in [2.45, 2.75) is 39.2 Å². The van der Waals surface area contributed by atoms with E-state index >= 15 is 0 Å². The lowest BCUT2D eigenvalue weighted by atomic mass is 10.0. The molecular weight excluding hydrogens is 164 g/mol. The van der Waals surface area contributed by atoms with Gasteiger partial charge in [-0.15, -0.1) is 0 Å². The molecule has 0 bridgehead atoms. The molecule has 0 aliphatic carbocycles. The third-order valence-corrected chi connectivity index (χ3v) is 2.36. The molecule has 13 heavy (non-hydrogen) atoms. The summed E-state index contributed by atoms with van der Waals surface area (Å²) in [6.45, 7) is 9.03. The summed E-state index contributed by atoms with van der Waals surface area (Å²) in [6.07, 6.45) is 1.69. The van der Waals surface area contributed by atoms with Gasteiger partial charge in [-0.25, -0.2) is 0 Å². The van der Waals surface area contributed by atoms with Gasteiger partial charge in [0.25, 0.3) is 0 Å². The molecule has 0 radical (unpaired) electrons. The second-order valence-corrected chi connectivity index (χ2v) is 4.57. The topological polar surface area (TPSA) is 32.3 Å². The summed E-state index contributed by atoms with van der Waals surface area (Å²) in [6, 6.07) is 0. The first-order valence-corrected chi connectivity index (χ1v) is 5.03. The number of hydrogen-bond acceptors (Lipinski definition) is 2. The minimum absolute atomic E-state index is 0.0194. The molecule has 0 spiro atoms. The zero-order valence-electron chi connectivity index (χ0n) is 8.89. The molecule has 1 heterocycles. The van der Waals surface area contributed by atoms with Crippen LogP contribution < -0.4 is 5.32 Å². The van der Waals surface area contributed by atoms with Crippen molar-refractivity contribution in [2.24, 2.45) is 0 Å². The van der Waals surface area contributed by atoms with E-state index < -0.39 is 0 Å². The summed E-state index contributed by atoms with van der Waals surface area (Å²) >= 11 is 0. The van der Waals surface area contributed by atoms with Crippen molar-refractivity contribution in [3.8, 4) is 0 Å². The number of amides is 1. The Bertz CT molecular complexity index is 184. The van der Waals surface area contributed by atoms with Gasteiger partial charge in [-0.1, -0.05) is 0 Å². The van der Waals surface area contributed by atoms with Gasteiger partial charge < -0.3 is 10.2 Å².